The molecule has 0 N–H and O–H groups in total. The summed E-state index contributed by atoms with van der Waals surface area (Å²) in [5.41, 5.74) is 3.80. The summed E-state index contributed by atoms with van der Waals surface area (Å²) in [5, 5.41) is 0. The van der Waals surface area contributed by atoms with Crippen LogP contribution in [0.15, 0.2) is 72.8 Å². The molecule has 0 aliphatic carbocycles. The zero-order chi connectivity index (χ0) is 23.7. The van der Waals surface area contributed by atoms with E-state index in [9.17, 15) is 9.59 Å². The molecule has 2 amide bonds. The van der Waals surface area contributed by atoms with Gasteiger partial charge in [0.25, 0.3) is 0 Å². The van der Waals surface area contributed by atoms with Gasteiger partial charge in [-0.15, -0.1) is 0 Å². The number of ether oxygens (including phenoxy) is 2. The van der Waals surface area contributed by atoms with Gasteiger partial charge in [-0.05, 0) is 66.4 Å². The number of anilines is 2. The lowest BCUT2D eigenvalue weighted by Crippen LogP contribution is -2.41. The quantitative estimate of drug-likeness (QED) is 0.555. The summed E-state index contributed by atoms with van der Waals surface area (Å²) in [6, 6.07) is 22.7. The molecule has 1 saturated heterocycles. The summed E-state index contributed by atoms with van der Waals surface area (Å²) >= 11 is 0. The Morgan fingerprint density at radius 2 is 1.53 bits per heavy atom. The van der Waals surface area contributed by atoms with Crippen LogP contribution in [0.25, 0.3) is 0 Å². The lowest BCUT2D eigenvalue weighted by molar-refractivity contribution is -0.124. The molecule has 0 unspecified atom stereocenters. The minimum atomic E-state index is -0.492. The fourth-order valence-electron chi connectivity index (χ4n) is 5.15. The van der Waals surface area contributed by atoms with Crippen LogP contribution in [0, 0.1) is 5.92 Å². The Morgan fingerprint density at radius 1 is 0.882 bits per heavy atom. The van der Waals surface area contributed by atoms with E-state index in [1.807, 2.05) is 71.6 Å². The van der Waals surface area contributed by atoms with Gasteiger partial charge in [0.2, 0.25) is 11.8 Å². The van der Waals surface area contributed by atoms with Gasteiger partial charge in [0.1, 0.15) is 11.5 Å². The highest BCUT2D eigenvalue weighted by Gasteiger charge is 2.47. The number of hydrogen-bond donors (Lipinski definition) is 0. The summed E-state index contributed by atoms with van der Waals surface area (Å²) in [4.78, 5) is 31.0. The van der Waals surface area contributed by atoms with Crippen LogP contribution in [0.1, 0.15) is 30.0 Å². The third-order valence-corrected chi connectivity index (χ3v) is 6.82. The second-order valence-corrected chi connectivity index (χ2v) is 8.71. The third-order valence-electron chi connectivity index (χ3n) is 6.82. The maximum Gasteiger partial charge on any atom is 0.233 e. The average Bonchev–Trinajstić information content (AvgIpc) is 3.24. The van der Waals surface area contributed by atoms with Gasteiger partial charge in [-0.2, -0.15) is 0 Å². The molecule has 0 spiro atoms. The molecule has 3 aromatic carbocycles. The Hall–Kier alpha value is -3.80. The summed E-state index contributed by atoms with van der Waals surface area (Å²) in [6.07, 6.45) is 2.04. The van der Waals surface area contributed by atoms with E-state index in [1.54, 1.807) is 19.1 Å². The molecule has 1 fully saturated rings. The Bertz CT molecular complexity index is 1190. The van der Waals surface area contributed by atoms with E-state index in [0.717, 1.165) is 35.5 Å². The first-order valence-electron chi connectivity index (χ1n) is 11.6. The number of carbonyl (C=O) groups is 2. The highest BCUT2D eigenvalue weighted by atomic mass is 16.5. The predicted molar refractivity (Wildman–Crippen MR) is 131 cm³/mol. The summed E-state index contributed by atoms with van der Waals surface area (Å²) in [7, 11) is 3.24. The van der Waals surface area contributed by atoms with Crippen molar-refractivity contribution in [3.8, 4) is 11.5 Å². The van der Waals surface area contributed by atoms with Crippen molar-refractivity contribution >= 4 is 23.2 Å². The van der Waals surface area contributed by atoms with Crippen LogP contribution in [0.4, 0.5) is 11.4 Å². The largest absolute Gasteiger partial charge is 0.497 e. The minimum absolute atomic E-state index is 0.00247. The maximum atomic E-state index is 14.0. The fourth-order valence-corrected chi connectivity index (χ4v) is 5.15. The predicted octanol–water partition coefficient (Wildman–Crippen LogP) is 4.78. The van der Waals surface area contributed by atoms with E-state index in [1.165, 1.54) is 5.56 Å². The number of para-hydroxylation sites is 1. The monoisotopic (exact) mass is 456 g/mol. The fraction of sp³-hybridized carbons (Fsp3) is 0.286. The van der Waals surface area contributed by atoms with Crippen molar-refractivity contribution < 1.29 is 19.1 Å². The van der Waals surface area contributed by atoms with Crippen molar-refractivity contribution in [2.24, 2.45) is 5.92 Å². The van der Waals surface area contributed by atoms with E-state index < -0.39 is 12.0 Å². The van der Waals surface area contributed by atoms with Gasteiger partial charge < -0.3 is 19.3 Å². The van der Waals surface area contributed by atoms with Crippen LogP contribution in [0.2, 0.25) is 0 Å². The molecule has 2 aliphatic heterocycles. The normalized spacial score (nSPS) is 19.6. The van der Waals surface area contributed by atoms with E-state index in [0.29, 0.717) is 12.3 Å². The zero-order valence-electron chi connectivity index (χ0n) is 19.4. The molecule has 2 atom stereocenters. The second-order valence-electron chi connectivity index (χ2n) is 8.71. The standard InChI is InChI=1S/C28H28N2O4/c1-33-22-13-9-20(10-14-22)27-24(18-26(31)30(27)21-11-15-23(34-2)16-12-21)28(32)29-17-5-7-19-6-3-4-8-25(19)29/h3-4,6,8-16,24,27H,5,7,17-18H2,1-2H3/t24-,27+/m1/s1. The number of fused-ring (bicyclic) bond motifs is 1. The van der Waals surface area contributed by atoms with Gasteiger partial charge in [0.15, 0.2) is 0 Å². The van der Waals surface area contributed by atoms with Crippen molar-refractivity contribution in [1.29, 1.82) is 0 Å². The van der Waals surface area contributed by atoms with Crippen LogP contribution >= 0.6 is 0 Å². The number of carbonyl (C=O) groups excluding carboxylic acids is 2. The van der Waals surface area contributed by atoms with Gasteiger partial charge in [-0.1, -0.05) is 30.3 Å². The van der Waals surface area contributed by atoms with Crippen LogP contribution in [-0.2, 0) is 16.0 Å². The average molecular weight is 457 g/mol. The number of nitrogens with zero attached hydrogens (tertiary/aromatic N) is 2. The molecule has 6 nitrogen and oxygen atoms in total. The van der Waals surface area contributed by atoms with Crippen LogP contribution in [0.5, 0.6) is 11.5 Å². The number of rotatable bonds is 5. The minimum Gasteiger partial charge on any atom is -0.497 e. The highest BCUT2D eigenvalue weighted by molar-refractivity contribution is 6.06. The first-order chi connectivity index (χ1) is 16.6. The van der Waals surface area contributed by atoms with Gasteiger partial charge >= 0.3 is 0 Å². The van der Waals surface area contributed by atoms with E-state index in [-0.39, 0.29) is 18.2 Å². The van der Waals surface area contributed by atoms with Crippen LogP contribution in [-0.4, -0.2) is 32.6 Å². The molecule has 2 aliphatic rings. The lowest BCUT2D eigenvalue weighted by Gasteiger charge is -2.34. The van der Waals surface area contributed by atoms with Crippen molar-refractivity contribution in [3.05, 3.63) is 83.9 Å². The molecule has 5 rings (SSSR count). The number of methoxy groups -OCH3 is 2. The molecule has 0 aromatic heterocycles. The van der Waals surface area contributed by atoms with Crippen molar-refractivity contribution in [2.75, 3.05) is 30.6 Å². The van der Waals surface area contributed by atoms with Gasteiger partial charge in [-0.25, -0.2) is 0 Å². The van der Waals surface area contributed by atoms with Gasteiger partial charge in [-0.3, -0.25) is 9.59 Å². The Morgan fingerprint density at radius 3 is 2.21 bits per heavy atom. The molecule has 3 aromatic rings. The SMILES string of the molecule is COc1ccc([C@H]2[C@H](C(=O)N3CCCc4ccccc43)CC(=O)N2c2ccc(OC)cc2)cc1. The first-order valence-corrected chi connectivity index (χ1v) is 11.6. The van der Waals surface area contributed by atoms with Crippen LogP contribution in [0.3, 0.4) is 0 Å². The molecule has 174 valence electrons. The van der Waals surface area contributed by atoms with Crippen molar-refractivity contribution in [2.45, 2.75) is 25.3 Å². The smallest absolute Gasteiger partial charge is 0.233 e. The molecule has 6 heteroatoms. The summed E-state index contributed by atoms with van der Waals surface area (Å²) in [6.45, 7) is 0.665. The molecular formula is C28H28N2O4. The maximum absolute atomic E-state index is 14.0. The Labute approximate surface area is 199 Å². The molecule has 34 heavy (non-hydrogen) atoms. The number of hydrogen-bond acceptors (Lipinski definition) is 4. The third kappa shape index (κ3) is 3.89. The van der Waals surface area contributed by atoms with E-state index in [4.69, 9.17) is 9.47 Å². The Balaban J connectivity index is 1.55. The molecule has 0 bridgehead atoms. The highest BCUT2D eigenvalue weighted by Crippen LogP contribution is 2.44. The molecule has 0 saturated carbocycles. The number of benzene rings is 3. The zero-order valence-corrected chi connectivity index (χ0v) is 19.4. The molecule has 0 radical (unpaired) electrons. The molecule has 2 heterocycles. The summed E-state index contributed by atoms with van der Waals surface area (Å²) < 4.78 is 10.6. The molecular weight excluding hydrogens is 428 g/mol. The second kappa shape index (κ2) is 9.21. The number of amides is 2. The lowest BCUT2D eigenvalue weighted by atomic mass is 9.90. The topological polar surface area (TPSA) is 59.1 Å². The van der Waals surface area contributed by atoms with Gasteiger partial charge in [0, 0.05) is 24.3 Å². The first kappa shape index (κ1) is 22.0. The van der Waals surface area contributed by atoms with E-state index >= 15 is 0 Å². The van der Waals surface area contributed by atoms with E-state index in [2.05, 4.69) is 6.07 Å². The van der Waals surface area contributed by atoms with Crippen molar-refractivity contribution in [1.82, 2.24) is 0 Å². The van der Waals surface area contributed by atoms with Crippen LogP contribution < -0.4 is 19.3 Å². The van der Waals surface area contributed by atoms with Crippen molar-refractivity contribution in [3.63, 3.8) is 0 Å². The van der Waals surface area contributed by atoms with Gasteiger partial charge in [0.05, 0.1) is 26.2 Å². The number of aryl methyl sites for hydroxylation is 1. The Kier molecular flexibility index (Phi) is 5.97. The summed E-state index contributed by atoms with van der Waals surface area (Å²) in [5.74, 6) is 0.895.